The summed E-state index contributed by atoms with van der Waals surface area (Å²) in [4.78, 5) is 17.9. The van der Waals surface area contributed by atoms with E-state index >= 15 is 0 Å². The molecule has 3 aliphatic heterocycles. The Morgan fingerprint density at radius 2 is 2.07 bits per heavy atom. The van der Waals surface area contributed by atoms with Crippen molar-refractivity contribution in [2.45, 2.75) is 37.8 Å². The molecular formula is C21H29ClFN3O2. The van der Waals surface area contributed by atoms with Crippen molar-refractivity contribution >= 4 is 17.5 Å². The van der Waals surface area contributed by atoms with Gasteiger partial charge in [0.05, 0.1) is 5.92 Å². The molecule has 0 radical (unpaired) electrons. The van der Waals surface area contributed by atoms with Crippen LogP contribution in [-0.2, 0) is 9.53 Å². The van der Waals surface area contributed by atoms with Gasteiger partial charge in [0, 0.05) is 69.0 Å². The molecule has 0 aromatic heterocycles. The van der Waals surface area contributed by atoms with Crippen LogP contribution in [0.2, 0.25) is 5.02 Å². The first kappa shape index (κ1) is 20.1. The fourth-order valence-corrected chi connectivity index (χ4v) is 5.09. The molecule has 1 N–H and O–H groups in total. The van der Waals surface area contributed by atoms with E-state index in [2.05, 4.69) is 17.1 Å². The molecule has 1 aromatic rings. The van der Waals surface area contributed by atoms with Crippen molar-refractivity contribution in [2.75, 3.05) is 45.9 Å². The molecule has 154 valence electrons. The maximum absolute atomic E-state index is 14.8. The number of hydrogen-bond donors (Lipinski definition) is 1. The Bertz CT molecular complexity index is 713. The summed E-state index contributed by atoms with van der Waals surface area (Å²) in [6, 6.07) is 5.42. The van der Waals surface area contributed by atoms with Gasteiger partial charge in [-0.15, -0.1) is 0 Å². The molecule has 3 atom stereocenters. The average Bonchev–Trinajstić information content (AvgIpc) is 3.14. The maximum atomic E-state index is 14.8. The molecule has 3 aliphatic rings. The van der Waals surface area contributed by atoms with Crippen LogP contribution < -0.4 is 5.32 Å². The molecule has 3 saturated heterocycles. The Morgan fingerprint density at radius 3 is 2.79 bits per heavy atom. The van der Waals surface area contributed by atoms with Crippen LogP contribution in [0.3, 0.4) is 0 Å². The highest BCUT2D eigenvalue weighted by Crippen LogP contribution is 2.38. The van der Waals surface area contributed by atoms with Crippen LogP contribution >= 0.6 is 11.6 Å². The molecular weight excluding hydrogens is 381 g/mol. The number of nitrogens with zero attached hydrogens (tertiary/aromatic N) is 2. The zero-order valence-corrected chi connectivity index (χ0v) is 17.1. The number of ether oxygens (including phenoxy) is 1. The first-order valence-electron chi connectivity index (χ1n) is 10.3. The van der Waals surface area contributed by atoms with Gasteiger partial charge in [0.1, 0.15) is 5.82 Å². The Balaban J connectivity index is 1.60. The molecule has 0 unspecified atom stereocenters. The van der Waals surface area contributed by atoms with Crippen LogP contribution in [0.5, 0.6) is 0 Å². The van der Waals surface area contributed by atoms with E-state index in [1.807, 2.05) is 4.90 Å². The van der Waals surface area contributed by atoms with E-state index in [-0.39, 0.29) is 29.6 Å². The number of nitrogens with one attached hydrogen (secondary N) is 1. The van der Waals surface area contributed by atoms with E-state index in [1.54, 1.807) is 12.1 Å². The van der Waals surface area contributed by atoms with Crippen molar-refractivity contribution < 1.29 is 13.9 Å². The number of piperazine rings is 1. The number of likely N-dealkylation sites (tertiary alicyclic amines) is 1. The molecule has 1 aromatic carbocycles. The molecule has 3 heterocycles. The number of hydrogen-bond acceptors (Lipinski definition) is 4. The molecule has 0 bridgehead atoms. The molecule has 0 saturated carbocycles. The summed E-state index contributed by atoms with van der Waals surface area (Å²) in [7, 11) is 0. The number of rotatable bonds is 3. The third-order valence-electron chi connectivity index (χ3n) is 6.52. The van der Waals surface area contributed by atoms with E-state index in [9.17, 15) is 9.18 Å². The van der Waals surface area contributed by atoms with Crippen molar-refractivity contribution in [3.8, 4) is 0 Å². The second-order valence-electron chi connectivity index (χ2n) is 8.26. The third-order valence-corrected chi connectivity index (χ3v) is 6.75. The fourth-order valence-electron chi connectivity index (χ4n) is 4.93. The third kappa shape index (κ3) is 4.06. The van der Waals surface area contributed by atoms with Crippen molar-refractivity contribution in [3.05, 3.63) is 34.6 Å². The van der Waals surface area contributed by atoms with E-state index < -0.39 is 0 Å². The van der Waals surface area contributed by atoms with Gasteiger partial charge in [0.25, 0.3) is 0 Å². The van der Waals surface area contributed by atoms with E-state index in [4.69, 9.17) is 16.3 Å². The van der Waals surface area contributed by atoms with Crippen molar-refractivity contribution in [1.29, 1.82) is 0 Å². The van der Waals surface area contributed by atoms with E-state index in [1.165, 1.54) is 6.07 Å². The van der Waals surface area contributed by atoms with E-state index in [0.29, 0.717) is 36.3 Å². The van der Waals surface area contributed by atoms with Gasteiger partial charge in [-0.1, -0.05) is 17.7 Å². The van der Waals surface area contributed by atoms with Gasteiger partial charge in [-0.2, -0.15) is 0 Å². The van der Waals surface area contributed by atoms with Gasteiger partial charge in [-0.3, -0.25) is 9.69 Å². The minimum Gasteiger partial charge on any atom is -0.381 e. The summed E-state index contributed by atoms with van der Waals surface area (Å²) in [5, 5.41) is 3.72. The van der Waals surface area contributed by atoms with Crippen molar-refractivity contribution in [1.82, 2.24) is 15.1 Å². The van der Waals surface area contributed by atoms with Crippen LogP contribution in [0.25, 0.3) is 0 Å². The summed E-state index contributed by atoms with van der Waals surface area (Å²) < 4.78 is 20.3. The summed E-state index contributed by atoms with van der Waals surface area (Å²) in [6.07, 6.45) is 1.95. The molecule has 7 heteroatoms. The number of carbonyl (C=O) groups is 1. The fraction of sp³-hybridized carbons (Fsp3) is 0.667. The van der Waals surface area contributed by atoms with Gasteiger partial charge < -0.3 is 15.0 Å². The smallest absolute Gasteiger partial charge is 0.227 e. The van der Waals surface area contributed by atoms with Crippen molar-refractivity contribution in [2.24, 2.45) is 5.92 Å². The zero-order chi connectivity index (χ0) is 19.7. The zero-order valence-electron chi connectivity index (χ0n) is 16.4. The molecule has 0 aliphatic carbocycles. The highest BCUT2D eigenvalue weighted by Gasteiger charge is 2.44. The number of halogens is 2. The van der Waals surface area contributed by atoms with Gasteiger partial charge >= 0.3 is 0 Å². The van der Waals surface area contributed by atoms with Crippen LogP contribution in [0, 0.1) is 11.7 Å². The number of amides is 1. The van der Waals surface area contributed by atoms with Gasteiger partial charge in [-0.05, 0) is 37.5 Å². The predicted molar refractivity (Wildman–Crippen MR) is 107 cm³/mol. The average molecular weight is 410 g/mol. The Morgan fingerprint density at radius 1 is 1.29 bits per heavy atom. The number of carbonyl (C=O) groups excluding carboxylic acids is 1. The largest absolute Gasteiger partial charge is 0.381 e. The van der Waals surface area contributed by atoms with Crippen molar-refractivity contribution in [3.63, 3.8) is 0 Å². The summed E-state index contributed by atoms with van der Waals surface area (Å²) in [5.41, 5.74) is 0.611. The lowest BCUT2D eigenvalue weighted by atomic mass is 9.87. The molecule has 1 amide bonds. The first-order chi connectivity index (χ1) is 13.5. The van der Waals surface area contributed by atoms with Gasteiger partial charge in [-0.25, -0.2) is 4.39 Å². The summed E-state index contributed by atoms with van der Waals surface area (Å²) in [5.74, 6) is -0.519. The van der Waals surface area contributed by atoms with Gasteiger partial charge in [0.15, 0.2) is 0 Å². The number of benzene rings is 1. The normalized spacial score (nSPS) is 30.0. The van der Waals surface area contributed by atoms with Crippen LogP contribution in [-0.4, -0.2) is 73.7 Å². The molecule has 0 spiro atoms. The van der Waals surface area contributed by atoms with E-state index in [0.717, 1.165) is 39.1 Å². The molecule has 5 nitrogen and oxygen atoms in total. The standard InChI is InChI=1S/C21H29ClFN3O2/c1-14-11-24-6-7-26(14)21(27)19-13-25(16-4-8-28-9-5-16)12-18(19)17-3-2-15(22)10-20(17)23/h2-3,10,14,16,18-19,24H,4-9,11-13H2,1H3/t14-,18-,19+/m0/s1. The summed E-state index contributed by atoms with van der Waals surface area (Å²) >= 11 is 5.97. The Labute approximate surface area is 171 Å². The second kappa shape index (κ2) is 8.66. The SMILES string of the molecule is C[C@H]1CNCCN1C(=O)[C@@H]1CN(C2CCOCC2)C[C@H]1c1ccc(Cl)cc1F. The highest BCUT2D eigenvalue weighted by molar-refractivity contribution is 6.30. The molecule has 4 rings (SSSR count). The quantitative estimate of drug-likeness (QED) is 0.833. The predicted octanol–water partition coefficient (Wildman–Crippen LogP) is 2.49. The Hall–Kier alpha value is -1.21. The summed E-state index contributed by atoms with van der Waals surface area (Å²) in [6.45, 7) is 7.32. The lowest BCUT2D eigenvalue weighted by Gasteiger charge is -2.37. The lowest BCUT2D eigenvalue weighted by molar-refractivity contribution is -0.138. The minimum absolute atomic E-state index is 0.144. The topological polar surface area (TPSA) is 44.8 Å². The first-order valence-corrected chi connectivity index (χ1v) is 10.7. The van der Waals surface area contributed by atoms with Crippen LogP contribution in [0.4, 0.5) is 4.39 Å². The second-order valence-corrected chi connectivity index (χ2v) is 8.70. The minimum atomic E-state index is -0.308. The molecule has 3 fully saturated rings. The monoisotopic (exact) mass is 409 g/mol. The van der Waals surface area contributed by atoms with Crippen LogP contribution in [0.1, 0.15) is 31.2 Å². The van der Waals surface area contributed by atoms with Crippen LogP contribution in [0.15, 0.2) is 18.2 Å². The highest BCUT2D eigenvalue weighted by atomic mass is 35.5. The lowest BCUT2D eigenvalue weighted by Crippen LogP contribution is -2.54. The van der Waals surface area contributed by atoms with Gasteiger partial charge in [0.2, 0.25) is 5.91 Å². The molecule has 28 heavy (non-hydrogen) atoms. The maximum Gasteiger partial charge on any atom is 0.227 e. The Kier molecular flexibility index (Phi) is 6.21.